The van der Waals surface area contributed by atoms with Crippen LogP contribution in [-0.4, -0.2) is 11.8 Å². The second-order valence-electron chi connectivity index (χ2n) is 5.03. The molecule has 0 aliphatic heterocycles. The molecule has 0 unspecified atom stereocenters. The van der Waals surface area contributed by atoms with Crippen molar-refractivity contribution in [3.05, 3.63) is 48.6 Å². The third-order valence-corrected chi connectivity index (χ3v) is 2.10. The molecule has 0 aliphatic carbocycles. The number of rotatable bonds is 4. The Labute approximate surface area is 114 Å². The van der Waals surface area contributed by atoms with Crippen LogP contribution in [0.5, 0.6) is 5.75 Å². The molecule has 0 aromatic heterocycles. The first-order valence-electron chi connectivity index (χ1n) is 6.19. The highest BCUT2D eigenvalue weighted by Gasteiger charge is 2.18. The van der Waals surface area contributed by atoms with Crippen molar-refractivity contribution in [1.29, 1.82) is 0 Å². The molecule has 1 aromatic rings. The average molecular weight is 260 g/mol. The van der Waals surface area contributed by atoms with E-state index in [1.807, 2.05) is 30.4 Å². The van der Waals surface area contributed by atoms with Gasteiger partial charge in [-0.25, -0.2) is 4.79 Å². The van der Waals surface area contributed by atoms with E-state index in [0.717, 1.165) is 12.0 Å². The van der Waals surface area contributed by atoms with E-state index in [0.29, 0.717) is 5.75 Å². The minimum absolute atomic E-state index is 0.483. The first-order valence-corrected chi connectivity index (χ1v) is 6.19. The summed E-state index contributed by atoms with van der Waals surface area (Å²) in [6, 6.07) is 7.30. The molecule has 102 valence electrons. The molecule has 3 nitrogen and oxygen atoms in total. The molecule has 0 aliphatic rings. The van der Waals surface area contributed by atoms with Crippen molar-refractivity contribution in [1.82, 2.24) is 0 Å². The van der Waals surface area contributed by atoms with Crippen molar-refractivity contribution in [2.24, 2.45) is 0 Å². The van der Waals surface area contributed by atoms with Crippen molar-refractivity contribution in [2.45, 2.75) is 32.8 Å². The quantitative estimate of drug-likeness (QED) is 0.451. The maximum absolute atomic E-state index is 11.6. The first-order chi connectivity index (χ1) is 8.92. The van der Waals surface area contributed by atoms with Crippen LogP contribution in [0.2, 0.25) is 0 Å². The number of ether oxygens (including phenoxy) is 2. The lowest BCUT2D eigenvalue weighted by molar-refractivity contribution is 0.0206. The summed E-state index contributed by atoms with van der Waals surface area (Å²) in [4.78, 5) is 11.6. The smallest absolute Gasteiger partial charge is 0.428 e. The summed E-state index contributed by atoms with van der Waals surface area (Å²) in [6.07, 6.45) is 5.71. The minimum Gasteiger partial charge on any atom is -0.428 e. The van der Waals surface area contributed by atoms with E-state index < -0.39 is 11.8 Å². The predicted molar refractivity (Wildman–Crippen MR) is 77.2 cm³/mol. The van der Waals surface area contributed by atoms with Crippen molar-refractivity contribution in [3.63, 3.8) is 0 Å². The first kappa shape index (κ1) is 15.0. The molecule has 0 N–H and O–H groups in total. The largest absolute Gasteiger partial charge is 0.514 e. The summed E-state index contributed by atoms with van der Waals surface area (Å²) in [6.45, 7) is 9.03. The zero-order valence-electron chi connectivity index (χ0n) is 11.7. The predicted octanol–water partition coefficient (Wildman–Crippen LogP) is 4.59. The van der Waals surface area contributed by atoms with E-state index in [2.05, 4.69) is 6.58 Å². The zero-order chi connectivity index (χ0) is 14.3. The molecule has 0 fully saturated rings. The van der Waals surface area contributed by atoms with Crippen LogP contribution >= 0.6 is 0 Å². The van der Waals surface area contributed by atoms with Gasteiger partial charge in [0.1, 0.15) is 11.4 Å². The highest BCUT2D eigenvalue weighted by Crippen LogP contribution is 2.21. The number of benzene rings is 1. The van der Waals surface area contributed by atoms with Crippen LogP contribution in [0.25, 0.3) is 6.08 Å². The molecular weight excluding hydrogens is 240 g/mol. The molecule has 1 rings (SSSR count). The van der Waals surface area contributed by atoms with Gasteiger partial charge in [-0.3, -0.25) is 0 Å². The molecule has 0 amide bonds. The Hall–Kier alpha value is -2.03. The number of carbonyl (C=O) groups excluding carboxylic acids is 1. The topological polar surface area (TPSA) is 35.5 Å². The van der Waals surface area contributed by atoms with Gasteiger partial charge in [0.25, 0.3) is 0 Å². The molecular formula is C16H20O3. The third kappa shape index (κ3) is 5.91. The van der Waals surface area contributed by atoms with Gasteiger partial charge >= 0.3 is 6.16 Å². The maximum atomic E-state index is 11.6. The van der Waals surface area contributed by atoms with E-state index in [9.17, 15) is 4.79 Å². The molecule has 0 atom stereocenters. The fourth-order valence-corrected chi connectivity index (χ4v) is 1.36. The standard InChI is InChI=1S/C16H20O3/c1-5-6-7-10-13-11-8-9-12-14(13)18-15(17)19-16(2,3)4/h5,7-12H,1,6H2,2-4H3. The van der Waals surface area contributed by atoms with E-state index in [1.165, 1.54) is 0 Å². The molecule has 3 heteroatoms. The van der Waals surface area contributed by atoms with E-state index in [4.69, 9.17) is 9.47 Å². The van der Waals surface area contributed by atoms with Gasteiger partial charge in [0.05, 0.1) is 0 Å². The van der Waals surface area contributed by atoms with Crippen LogP contribution in [0, 0.1) is 0 Å². The Morgan fingerprint density at radius 3 is 2.63 bits per heavy atom. The zero-order valence-corrected chi connectivity index (χ0v) is 11.7. The van der Waals surface area contributed by atoms with Crippen LogP contribution in [0.15, 0.2) is 43.0 Å². The van der Waals surface area contributed by atoms with Crippen LogP contribution < -0.4 is 4.74 Å². The number of hydrogen-bond acceptors (Lipinski definition) is 3. The van der Waals surface area contributed by atoms with Crippen molar-refractivity contribution >= 4 is 12.2 Å². The highest BCUT2D eigenvalue weighted by atomic mass is 16.7. The van der Waals surface area contributed by atoms with Gasteiger partial charge < -0.3 is 9.47 Å². The molecule has 0 radical (unpaired) electrons. The van der Waals surface area contributed by atoms with Crippen LogP contribution in [0.1, 0.15) is 32.8 Å². The summed E-state index contributed by atoms with van der Waals surface area (Å²) >= 11 is 0. The molecule has 0 heterocycles. The fourth-order valence-electron chi connectivity index (χ4n) is 1.36. The Kier molecular flexibility index (Phi) is 5.37. The Balaban J connectivity index is 2.77. The number of carbonyl (C=O) groups is 1. The lowest BCUT2D eigenvalue weighted by Crippen LogP contribution is -2.26. The molecule has 1 aromatic carbocycles. The molecule has 19 heavy (non-hydrogen) atoms. The molecule has 0 bridgehead atoms. The number of hydrogen-bond donors (Lipinski definition) is 0. The van der Waals surface area contributed by atoms with Gasteiger partial charge in [0.15, 0.2) is 0 Å². The Bertz CT molecular complexity index is 467. The number of allylic oxidation sites excluding steroid dienone is 2. The third-order valence-electron chi connectivity index (χ3n) is 2.10. The Morgan fingerprint density at radius 2 is 2.00 bits per heavy atom. The Morgan fingerprint density at radius 1 is 1.32 bits per heavy atom. The summed E-state index contributed by atoms with van der Waals surface area (Å²) < 4.78 is 10.3. The molecule has 0 spiro atoms. The van der Waals surface area contributed by atoms with Gasteiger partial charge in [-0.2, -0.15) is 0 Å². The van der Waals surface area contributed by atoms with Crippen molar-refractivity contribution in [3.8, 4) is 5.75 Å². The monoisotopic (exact) mass is 260 g/mol. The molecule has 0 saturated carbocycles. The SMILES string of the molecule is C=CCC=Cc1ccccc1OC(=O)OC(C)(C)C. The van der Waals surface area contributed by atoms with Gasteiger partial charge in [-0.1, -0.05) is 36.4 Å². The van der Waals surface area contributed by atoms with Crippen molar-refractivity contribution in [2.75, 3.05) is 0 Å². The normalized spacial score (nSPS) is 11.3. The number of para-hydroxylation sites is 1. The van der Waals surface area contributed by atoms with Crippen LogP contribution in [0.3, 0.4) is 0 Å². The van der Waals surface area contributed by atoms with E-state index in [1.54, 1.807) is 32.9 Å². The highest BCUT2D eigenvalue weighted by molar-refractivity contribution is 5.68. The minimum atomic E-state index is -0.697. The summed E-state index contributed by atoms with van der Waals surface area (Å²) in [5.74, 6) is 0.483. The maximum Gasteiger partial charge on any atom is 0.514 e. The second kappa shape index (κ2) is 6.78. The lowest BCUT2D eigenvalue weighted by atomic mass is 10.2. The van der Waals surface area contributed by atoms with Gasteiger partial charge in [0, 0.05) is 5.56 Å². The summed E-state index contributed by atoms with van der Waals surface area (Å²) in [5, 5.41) is 0. The van der Waals surface area contributed by atoms with E-state index >= 15 is 0 Å². The van der Waals surface area contributed by atoms with Gasteiger partial charge in [-0.05, 0) is 33.3 Å². The van der Waals surface area contributed by atoms with E-state index in [-0.39, 0.29) is 0 Å². The van der Waals surface area contributed by atoms with Crippen LogP contribution in [0.4, 0.5) is 4.79 Å². The van der Waals surface area contributed by atoms with Crippen LogP contribution in [-0.2, 0) is 4.74 Å². The van der Waals surface area contributed by atoms with Crippen molar-refractivity contribution < 1.29 is 14.3 Å². The summed E-state index contributed by atoms with van der Waals surface area (Å²) in [5.41, 5.74) is 0.264. The average Bonchev–Trinajstić information content (AvgIpc) is 2.29. The summed E-state index contributed by atoms with van der Waals surface area (Å²) in [7, 11) is 0. The van der Waals surface area contributed by atoms with Gasteiger partial charge in [0.2, 0.25) is 0 Å². The fraction of sp³-hybridized carbons (Fsp3) is 0.312. The lowest BCUT2D eigenvalue weighted by Gasteiger charge is -2.19. The molecule has 0 saturated heterocycles. The second-order valence-corrected chi connectivity index (χ2v) is 5.03. The van der Waals surface area contributed by atoms with Gasteiger partial charge in [-0.15, -0.1) is 6.58 Å².